The van der Waals surface area contributed by atoms with Crippen LogP contribution in [-0.4, -0.2) is 73.1 Å². The van der Waals surface area contributed by atoms with Gasteiger partial charge in [0.15, 0.2) is 0 Å². The van der Waals surface area contributed by atoms with E-state index >= 15 is 0 Å². The minimum atomic E-state index is -0.571. The average molecular weight is 405 g/mol. The molecule has 2 rings (SSSR count). The minimum absolute atomic E-state index is 0.0418. The average Bonchev–Trinajstić information content (AvgIpc) is 2.92. The highest BCUT2D eigenvalue weighted by Crippen LogP contribution is 2.15. The Hall–Kier alpha value is -2.77. The fourth-order valence-corrected chi connectivity index (χ4v) is 3.03. The second kappa shape index (κ2) is 10.1. The Kier molecular flexibility index (Phi) is 7.87. The van der Waals surface area contributed by atoms with Gasteiger partial charge < -0.3 is 24.6 Å². The first-order chi connectivity index (χ1) is 13.7. The second-order valence-electron chi connectivity index (χ2n) is 7.93. The Morgan fingerprint density at radius 1 is 1.00 bits per heavy atom. The van der Waals surface area contributed by atoms with E-state index in [-0.39, 0.29) is 24.8 Å². The molecule has 8 heteroatoms. The van der Waals surface area contributed by atoms with E-state index in [0.29, 0.717) is 43.9 Å². The maximum Gasteiger partial charge on any atom is 0.407 e. The molecule has 1 aromatic rings. The van der Waals surface area contributed by atoms with Gasteiger partial charge in [0.05, 0.1) is 7.11 Å². The van der Waals surface area contributed by atoms with E-state index in [2.05, 4.69) is 5.32 Å². The van der Waals surface area contributed by atoms with Gasteiger partial charge in [-0.05, 0) is 51.5 Å². The van der Waals surface area contributed by atoms with E-state index in [4.69, 9.17) is 9.47 Å². The molecule has 1 aromatic carbocycles. The maximum atomic E-state index is 12.7. The summed E-state index contributed by atoms with van der Waals surface area (Å²) in [7, 11) is 1.58. The van der Waals surface area contributed by atoms with Crippen molar-refractivity contribution < 1.29 is 23.9 Å². The van der Waals surface area contributed by atoms with Crippen LogP contribution in [0.2, 0.25) is 0 Å². The van der Waals surface area contributed by atoms with E-state index in [1.165, 1.54) is 0 Å². The number of amides is 3. The molecule has 1 heterocycles. The number of carbonyl (C=O) groups excluding carboxylic acids is 3. The van der Waals surface area contributed by atoms with Gasteiger partial charge in [0.2, 0.25) is 5.91 Å². The van der Waals surface area contributed by atoms with E-state index in [0.717, 1.165) is 0 Å². The Morgan fingerprint density at radius 3 is 2.24 bits per heavy atom. The second-order valence-corrected chi connectivity index (χ2v) is 7.93. The zero-order chi connectivity index (χ0) is 21.4. The van der Waals surface area contributed by atoms with Crippen LogP contribution in [0, 0.1) is 0 Å². The molecule has 29 heavy (non-hydrogen) atoms. The molecule has 0 unspecified atom stereocenters. The molecule has 0 aromatic heterocycles. The predicted octanol–water partition coefficient (Wildman–Crippen LogP) is 2.28. The van der Waals surface area contributed by atoms with Gasteiger partial charge in [-0.15, -0.1) is 0 Å². The lowest BCUT2D eigenvalue weighted by molar-refractivity contribution is -0.130. The number of methoxy groups -OCH3 is 1. The lowest BCUT2D eigenvalue weighted by Crippen LogP contribution is -2.39. The summed E-state index contributed by atoms with van der Waals surface area (Å²) >= 11 is 0. The smallest absolute Gasteiger partial charge is 0.407 e. The van der Waals surface area contributed by atoms with Crippen LogP contribution in [0.25, 0.3) is 0 Å². The van der Waals surface area contributed by atoms with Crippen LogP contribution in [0.5, 0.6) is 5.75 Å². The molecule has 1 fully saturated rings. The summed E-state index contributed by atoms with van der Waals surface area (Å²) in [5.74, 6) is 0.613. The summed E-state index contributed by atoms with van der Waals surface area (Å²) < 4.78 is 10.3. The molecule has 0 aliphatic carbocycles. The molecular formula is C21H31N3O5. The van der Waals surface area contributed by atoms with E-state index in [1.54, 1.807) is 61.9 Å². The first kappa shape index (κ1) is 22.5. The summed E-state index contributed by atoms with van der Waals surface area (Å²) in [6, 6.07) is 7.02. The van der Waals surface area contributed by atoms with Crippen molar-refractivity contribution in [3.8, 4) is 5.75 Å². The molecule has 1 aliphatic rings. The van der Waals surface area contributed by atoms with Gasteiger partial charge in [-0.25, -0.2) is 4.79 Å². The summed E-state index contributed by atoms with van der Waals surface area (Å²) in [5.41, 5.74) is 0.0332. The van der Waals surface area contributed by atoms with Gasteiger partial charge in [-0.1, -0.05) is 0 Å². The van der Waals surface area contributed by atoms with Crippen molar-refractivity contribution in [1.82, 2.24) is 15.1 Å². The van der Waals surface area contributed by atoms with E-state index < -0.39 is 11.7 Å². The van der Waals surface area contributed by atoms with Crippen LogP contribution in [0.1, 0.15) is 44.0 Å². The zero-order valence-electron chi connectivity index (χ0n) is 17.7. The number of ether oxygens (including phenoxy) is 2. The van der Waals surface area contributed by atoms with Crippen molar-refractivity contribution in [3.63, 3.8) is 0 Å². The van der Waals surface area contributed by atoms with E-state index in [1.807, 2.05) is 0 Å². The van der Waals surface area contributed by atoms with Crippen LogP contribution < -0.4 is 10.1 Å². The molecule has 0 bridgehead atoms. The monoisotopic (exact) mass is 405 g/mol. The molecule has 0 atom stereocenters. The number of benzene rings is 1. The molecular weight excluding hydrogens is 374 g/mol. The largest absolute Gasteiger partial charge is 0.497 e. The van der Waals surface area contributed by atoms with E-state index in [9.17, 15) is 14.4 Å². The maximum absolute atomic E-state index is 12.7. The fourth-order valence-electron chi connectivity index (χ4n) is 3.03. The van der Waals surface area contributed by atoms with Gasteiger partial charge in [0.25, 0.3) is 5.91 Å². The van der Waals surface area contributed by atoms with Crippen LogP contribution in [0.15, 0.2) is 24.3 Å². The number of nitrogens with zero attached hydrogens (tertiary/aromatic N) is 2. The summed E-state index contributed by atoms with van der Waals surface area (Å²) in [6.45, 7) is 7.74. The number of nitrogens with one attached hydrogen (secondary N) is 1. The Balaban J connectivity index is 1.80. The number of hydrogen-bond donors (Lipinski definition) is 1. The molecule has 1 N–H and O–H groups in total. The third-order valence-electron chi connectivity index (χ3n) is 4.48. The lowest BCUT2D eigenvalue weighted by Gasteiger charge is -2.23. The Bertz CT molecular complexity index is 712. The van der Waals surface area contributed by atoms with Crippen molar-refractivity contribution in [1.29, 1.82) is 0 Å². The quantitative estimate of drug-likeness (QED) is 0.812. The zero-order valence-corrected chi connectivity index (χ0v) is 17.7. The lowest BCUT2D eigenvalue weighted by atomic mass is 10.2. The molecule has 0 radical (unpaired) electrons. The first-order valence-electron chi connectivity index (χ1n) is 9.87. The highest BCUT2D eigenvalue weighted by molar-refractivity contribution is 5.94. The Morgan fingerprint density at radius 2 is 1.62 bits per heavy atom. The summed E-state index contributed by atoms with van der Waals surface area (Å²) in [6.07, 6.45) is 0.385. The summed E-state index contributed by atoms with van der Waals surface area (Å²) in [5, 5.41) is 2.60. The SMILES string of the molecule is COc1ccc(C(=O)N2CCCN(C(=O)CCNC(=O)OC(C)(C)C)CC2)cc1. The molecule has 3 amide bonds. The predicted molar refractivity (Wildman–Crippen MR) is 109 cm³/mol. The standard InChI is InChI=1S/C21H31N3O5/c1-21(2,3)29-20(27)22-11-10-18(25)23-12-5-13-24(15-14-23)19(26)16-6-8-17(28-4)9-7-16/h6-9H,5,10-15H2,1-4H3,(H,22,27). The molecule has 160 valence electrons. The van der Waals surface area contributed by atoms with Crippen molar-refractivity contribution in [2.24, 2.45) is 0 Å². The van der Waals surface area contributed by atoms with Crippen molar-refractivity contribution in [2.45, 2.75) is 39.2 Å². The number of alkyl carbamates (subject to hydrolysis) is 1. The normalized spacial score (nSPS) is 14.8. The first-order valence-corrected chi connectivity index (χ1v) is 9.87. The highest BCUT2D eigenvalue weighted by atomic mass is 16.6. The van der Waals surface area contributed by atoms with Crippen LogP contribution in [0.4, 0.5) is 4.79 Å². The van der Waals surface area contributed by atoms with Gasteiger partial charge in [-0.3, -0.25) is 9.59 Å². The minimum Gasteiger partial charge on any atom is -0.497 e. The Labute approximate surface area is 172 Å². The fraction of sp³-hybridized carbons (Fsp3) is 0.571. The van der Waals surface area contributed by atoms with Crippen molar-refractivity contribution in [2.75, 3.05) is 39.8 Å². The molecule has 1 saturated heterocycles. The molecule has 0 spiro atoms. The molecule has 0 saturated carbocycles. The van der Waals surface area contributed by atoms with Crippen LogP contribution in [0.3, 0.4) is 0 Å². The number of rotatable bonds is 5. The topological polar surface area (TPSA) is 88.2 Å². The van der Waals surface area contributed by atoms with Crippen molar-refractivity contribution >= 4 is 17.9 Å². The van der Waals surface area contributed by atoms with Gasteiger partial charge in [0.1, 0.15) is 11.4 Å². The van der Waals surface area contributed by atoms with Crippen molar-refractivity contribution in [3.05, 3.63) is 29.8 Å². The van der Waals surface area contributed by atoms with Crippen LogP contribution >= 0.6 is 0 Å². The third-order valence-corrected chi connectivity index (χ3v) is 4.48. The van der Waals surface area contributed by atoms with Gasteiger partial charge in [0, 0.05) is 44.7 Å². The van der Waals surface area contributed by atoms with Crippen LogP contribution in [-0.2, 0) is 9.53 Å². The number of hydrogen-bond acceptors (Lipinski definition) is 5. The highest BCUT2D eigenvalue weighted by Gasteiger charge is 2.23. The third kappa shape index (κ3) is 7.29. The molecule has 8 nitrogen and oxygen atoms in total. The number of carbonyl (C=O) groups is 3. The molecule has 1 aliphatic heterocycles. The summed E-state index contributed by atoms with van der Waals surface area (Å²) in [4.78, 5) is 40.3. The van der Waals surface area contributed by atoms with Gasteiger partial charge in [-0.2, -0.15) is 0 Å². The van der Waals surface area contributed by atoms with Gasteiger partial charge >= 0.3 is 6.09 Å².